The maximum Gasteiger partial charge on any atom is 0.290 e. The molecule has 6 heteroatoms. The molecule has 0 saturated carbocycles. The number of primary amides is 1. The Balaban J connectivity index is 2.95. The molecule has 0 radical (unpaired) electrons. The van der Waals surface area contributed by atoms with Crippen molar-refractivity contribution in [3.05, 3.63) is 40.4 Å². The average molecular weight is 207 g/mol. The smallest absolute Gasteiger partial charge is 0.290 e. The average Bonchev–Trinajstić information content (AvgIpc) is 2.23. The van der Waals surface area contributed by atoms with E-state index in [4.69, 9.17) is 5.73 Å². The summed E-state index contributed by atoms with van der Waals surface area (Å²) < 4.78 is 13.2. The van der Waals surface area contributed by atoms with Gasteiger partial charge in [-0.2, -0.15) is 0 Å². The second kappa shape index (κ2) is 3.16. The number of hydrogen-bond acceptors (Lipinski definition) is 3. The van der Waals surface area contributed by atoms with E-state index >= 15 is 0 Å². The van der Waals surface area contributed by atoms with Crippen molar-refractivity contribution in [1.29, 1.82) is 0 Å². The molecule has 0 saturated heterocycles. The quantitative estimate of drug-likeness (QED) is 0.726. The molecule has 76 valence electrons. The Morgan fingerprint density at radius 1 is 1.40 bits per heavy atom. The Morgan fingerprint density at radius 3 is 2.73 bits per heavy atom. The lowest BCUT2D eigenvalue weighted by Crippen LogP contribution is -2.26. The van der Waals surface area contributed by atoms with Crippen LogP contribution in [-0.4, -0.2) is 15.7 Å². The molecule has 1 aromatic carbocycles. The Bertz CT molecular complexity index is 606. The normalized spacial score (nSPS) is 10.5. The van der Waals surface area contributed by atoms with Crippen LogP contribution in [0.25, 0.3) is 10.9 Å². The highest BCUT2D eigenvalue weighted by atomic mass is 19.2. The van der Waals surface area contributed by atoms with Crippen LogP contribution in [0.3, 0.4) is 0 Å². The molecule has 0 unspecified atom stereocenters. The highest BCUT2D eigenvalue weighted by Gasteiger charge is 2.14. The van der Waals surface area contributed by atoms with Crippen LogP contribution in [0.2, 0.25) is 0 Å². The van der Waals surface area contributed by atoms with Crippen LogP contribution in [0.15, 0.2) is 29.1 Å². The maximum absolute atomic E-state index is 13.2. The molecule has 15 heavy (non-hydrogen) atoms. The Labute approximate surface area is 82.9 Å². The largest absolute Gasteiger partial charge is 0.363 e. The molecule has 2 rings (SSSR count). The third kappa shape index (κ3) is 1.35. The number of fused-ring (bicyclic) bond motifs is 1. The number of nitrogens with two attached hydrogens (primary N) is 1. The Morgan fingerprint density at radius 2 is 2.07 bits per heavy atom. The maximum atomic E-state index is 13.2. The number of halogens is 1. The number of hydrogen-bond donors (Lipinski definition) is 1. The molecule has 0 bridgehead atoms. The van der Waals surface area contributed by atoms with Crippen LogP contribution in [0, 0.1) is 0 Å². The van der Waals surface area contributed by atoms with Gasteiger partial charge in [0, 0.05) is 0 Å². The van der Waals surface area contributed by atoms with Gasteiger partial charge in [-0.1, -0.05) is 16.6 Å². The fourth-order valence-electron chi connectivity index (χ4n) is 1.26. The van der Waals surface area contributed by atoms with Gasteiger partial charge in [0.1, 0.15) is 0 Å². The Kier molecular flexibility index (Phi) is 1.96. The van der Waals surface area contributed by atoms with Gasteiger partial charge in [0.15, 0.2) is 0 Å². The van der Waals surface area contributed by atoms with Crippen molar-refractivity contribution in [2.45, 2.75) is 0 Å². The van der Waals surface area contributed by atoms with Crippen molar-refractivity contribution in [1.82, 2.24) is 9.77 Å². The van der Waals surface area contributed by atoms with E-state index in [1.807, 2.05) is 0 Å². The summed E-state index contributed by atoms with van der Waals surface area (Å²) in [5.41, 5.74) is 4.18. The van der Waals surface area contributed by atoms with Gasteiger partial charge < -0.3 is 5.73 Å². The Hall–Kier alpha value is -2.24. The zero-order chi connectivity index (χ0) is 11.0. The summed E-state index contributed by atoms with van der Waals surface area (Å²) in [6.45, 7) is 0. The minimum Gasteiger partial charge on any atom is -0.363 e. The summed E-state index contributed by atoms with van der Waals surface area (Å²) in [7, 11) is 0. The second-order valence-electron chi connectivity index (χ2n) is 2.90. The van der Waals surface area contributed by atoms with E-state index in [0.717, 1.165) is 0 Å². The minimum absolute atomic E-state index is 0.102. The summed E-state index contributed by atoms with van der Waals surface area (Å²) in [5.74, 6) is -1.78. The lowest BCUT2D eigenvalue weighted by atomic mass is 10.2. The first kappa shape index (κ1) is 9.32. The topological polar surface area (TPSA) is 78.0 Å². The van der Waals surface area contributed by atoms with Crippen molar-refractivity contribution >= 4 is 16.8 Å². The first-order chi connectivity index (χ1) is 7.11. The summed E-state index contributed by atoms with van der Waals surface area (Å²) in [6, 6.07) is 6.13. The van der Waals surface area contributed by atoms with Crippen molar-refractivity contribution in [2.24, 2.45) is 5.73 Å². The third-order valence-corrected chi connectivity index (χ3v) is 1.95. The number of carbonyl (C=O) groups excluding carboxylic acids is 1. The molecule has 0 atom stereocenters. The molecule has 0 fully saturated rings. The van der Waals surface area contributed by atoms with Gasteiger partial charge >= 0.3 is 0 Å². The number of carbonyl (C=O) groups is 1. The number of nitrogens with zero attached hydrogens (tertiary/aromatic N) is 2. The van der Waals surface area contributed by atoms with E-state index in [9.17, 15) is 14.1 Å². The van der Waals surface area contributed by atoms with Crippen molar-refractivity contribution in [2.75, 3.05) is 0 Å². The van der Waals surface area contributed by atoms with Crippen molar-refractivity contribution < 1.29 is 9.28 Å². The monoisotopic (exact) mass is 207 g/mol. The third-order valence-electron chi connectivity index (χ3n) is 1.95. The molecular weight excluding hydrogens is 201 g/mol. The van der Waals surface area contributed by atoms with Crippen molar-refractivity contribution in [3.8, 4) is 0 Å². The van der Waals surface area contributed by atoms with Gasteiger partial charge in [0.2, 0.25) is 5.82 Å². The van der Waals surface area contributed by atoms with Gasteiger partial charge in [-0.25, -0.2) is 4.98 Å². The molecule has 2 aromatic rings. The standard InChI is InChI=1S/C9H6FN3O2/c10-13-8(7(11)14)12-6-4-2-1-3-5(6)9(13)15/h1-4H,(H2,11,14). The SMILES string of the molecule is NC(=O)c1nc2ccccc2c(=O)n1F. The first-order valence-corrected chi connectivity index (χ1v) is 4.09. The minimum atomic E-state index is -1.08. The van der Waals surface area contributed by atoms with Gasteiger partial charge in [-0.3, -0.25) is 9.59 Å². The van der Waals surface area contributed by atoms with Gasteiger partial charge in [0.25, 0.3) is 11.5 Å². The highest BCUT2D eigenvalue weighted by Crippen LogP contribution is 2.07. The number of benzene rings is 1. The van der Waals surface area contributed by atoms with E-state index in [-0.39, 0.29) is 15.7 Å². The zero-order valence-electron chi connectivity index (χ0n) is 7.48. The van der Waals surface area contributed by atoms with E-state index < -0.39 is 17.3 Å². The lowest BCUT2D eigenvalue weighted by Gasteiger charge is -2.01. The molecule has 0 aliphatic heterocycles. The predicted molar refractivity (Wildman–Crippen MR) is 51.0 cm³/mol. The predicted octanol–water partition coefficient (Wildman–Crippen LogP) is 0.228. The van der Waals surface area contributed by atoms with E-state index in [1.165, 1.54) is 12.1 Å². The lowest BCUT2D eigenvalue weighted by molar-refractivity contribution is 0.0972. The molecule has 0 spiro atoms. The molecule has 2 N–H and O–H groups in total. The van der Waals surface area contributed by atoms with E-state index in [2.05, 4.69) is 4.98 Å². The van der Waals surface area contributed by atoms with Gasteiger partial charge in [-0.15, -0.1) is 4.79 Å². The van der Waals surface area contributed by atoms with Crippen molar-refractivity contribution in [3.63, 3.8) is 0 Å². The fraction of sp³-hybridized carbons (Fsp3) is 0. The van der Waals surface area contributed by atoms with Crippen LogP contribution in [0.5, 0.6) is 0 Å². The summed E-state index contributed by atoms with van der Waals surface area (Å²) in [4.78, 5) is 25.5. The number of rotatable bonds is 1. The number of amides is 1. The zero-order valence-corrected chi connectivity index (χ0v) is 7.48. The molecular formula is C9H6FN3O2. The van der Waals surface area contributed by atoms with Crippen LogP contribution in [0.1, 0.15) is 10.6 Å². The van der Waals surface area contributed by atoms with E-state index in [0.29, 0.717) is 0 Å². The van der Waals surface area contributed by atoms with Crippen LogP contribution >= 0.6 is 0 Å². The first-order valence-electron chi connectivity index (χ1n) is 4.09. The molecule has 1 aromatic heterocycles. The molecule has 1 amide bonds. The number of aromatic nitrogens is 2. The van der Waals surface area contributed by atoms with E-state index in [1.54, 1.807) is 12.1 Å². The van der Waals surface area contributed by atoms with Gasteiger partial charge in [-0.05, 0) is 12.1 Å². The highest BCUT2D eigenvalue weighted by molar-refractivity contribution is 5.91. The summed E-state index contributed by atoms with van der Waals surface area (Å²) in [6.07, 6.45) is 0. The summed E-state index contributed by atoms with van der Waals surface area (Å²) in [5, 5.41) is 0.102. The summed E-state index contributed by atoms with van der Waals surface area (Å²) >= 11 is 0. The van der Waals surface area contributed by atoms with Crippen LogP contribution < -0.4 is 11.3 Å². The molecule has 1 heterocycles. The molecule has 0 aliphatic carbocycles. The second-order valence-corrected chi connectivity index (χ2v) is 2.90. The van der Waals surface area contributed by atoms with Crippen LogP contribution in [0.4, 0.5) is 4.48 Å². The number of para-hydroxylation sites is 1. The molecule has 5 nitrogen and oxygen atoms in total. The van der Waals surface area contributed by atoms with Gasteiger partial charge in [0.05, 0.1) is 10.9 Å². The molecule has 0 aliphatic rings. The van der Waals surface area contributed by atoms with Crippen LogP contribution in [-0.2, 0) is 0 Å². The fourth-order valence-corrected chi connectivity index (χ4v) is 1.26.